The van der Waals surface area contributed by atoms with Crippen LogP contribution in [0.3, 0.4) is 0 Å². The summed E-state index contributed by atoms with van der Waals surface area (Å²) in [6.45, 7) is 0. The van der Waals surface area contributed by atoms with Gasteiger partial charge in [0.05, 0.1) is 0 Å². The molecule has 0 amide bonds. The first-order valence-corrected chi connectivity index (χ1v) is 8.19. The summed E-state index contributed by atoms with van der Waals surface area (Å²) in [7, 11) is 0. The topological polar surface area (TPSA) is 26.0 Å². The predicted molar refractivity (Wildman–Crippen MR) is 87.7 cm³/mol. The van der Waals surface area contributed by atoms with Gasteiger partial charge in [-0.15, -0.1) is 0 Å². The molecule has 2 aromatic rings. The van der Waals surface area contributed by atoms with E-state index in [1.54, 1.807) is 0 Å². The Balaban J connectivity index is 1.70. The summed E-state index contributed by atoms with van der Waals surface area (Å²) >= 11 is 3.29. The summed E-state index contributed by atoms with van der Waals surface area (Å²) < 4.78 is 14.7. The second-order valence-corrected chi connectivity index (χ2v) is 6.79. The van der Waals surface area contributed by atoms with Crippen LogP contribution < -0.4 is 5.73 Å². The Morgan fingerprint density at radius 3 is 2.71 bits per heavy atom. The predicted octanol–water partition coefficient (Wildman–Crippen LogP) is 4.26. The Bertz CT molecular complexity index is 641. The van der Waals surface area contributed by atoms with E-state index in [0.717, 1.165) is 23.7 Å². The zero-order valence-corrected chi connectivity index (χ0v) is 13.4. The van der Waals surface area contributed by atoms with E-state index in [1.807, 2.05) is 12.1 Å². The largest absolute Gasteiger partial charge is 0.327 e. The SMILES string of the molecule is NC(Cc1ccc(Br)cc1F)C1CCc2ccccc2C1. The Morgan fingerprint density at radius 2 is 1.95 bits per heavy atom. The van der Waals surface area contributed by atoms with Crippen LogP contribution in [0.5, 0.6) is 0 Å². The smallest absolute Gasteiger partial charge is 0.127 e. The molecule has 0 spiro atoms. The van der Waals surface area contributed by atoms with Crippen molar-refractivity contribution in [2.75, 3.05) is 0 Å². The highest BCUT2D eigenvalue weighted by Gasteiger charge is 2.24. The van der Waals surface area contributed by atoms with Gasteiger partial charge in [-0.3, -0.25) is 0 Å². The first kappa shape index (κ1) is 14.7. The van der Waals surface area contributed by atoms with Gasteiger partial charge in [-0.2, -0.15) is 0 Å². The zero-order chi connectivity index (χ0) is 14.8. The van der Waals surface area contributed by atoms with Gasteiger partial charge in [-0.05, 0) is 60.4 Å². The second kappa shape index (κ2) is 6.29. The van der Waals surface area contributed by atoms with Gasteiger partial charge < -0.3 is 5.73 Å². The lowest BCUT2D eigenvalue weighted by atomic mass is 9.79. The molecular formula is C18H19BrFN. The van der Waals surface area contributed by atoms with Gasteiger partial charge in [-0.1, -0.05) is 46.3 Å². The zero-order valence-electron chi connectivity index (χ0n) is 11.9. The quantitative estimate of drug-likeness (QED) is 0.881. The van der Waals surface area contributed by atoms with Crippen molar-refractivity contribution in [3.8, 4) is 0 Å². The third-order valence-electron chi connectivity index (χ3n) is 4.46. The Labute approximate surface area is 133 Å². The van der Waals surface area contributed by atoms with Gasteiger partial charge >= 0.3 is 0 Å². The van der Waals surface area contributed by atoms with Crippen molar-refractivity contribution in [1.82, 2.24) is 0 Å². The highest BCUT2D eigenvalue weighted by molar-refractivity contribution is 9.10. The molecule has 0 bridgehead atoms. The van der Waals surface area contributed by atoms with Crippen molar-refractivity contribution >= 4 is 15.9 Å². The summed E-state index contributed by atoms with van der Waals surface area (Å²) in [6.07, 6.45) is 3.79. The van der Waals surface area contributed by atoms with E-state index >= 15 is 0 Å². The number of hydrogen-bond donors (Lipinski definition) is 1. The molecule has 1 aliphatic carbocycles. The molecule has 1 aliphatic rings. The molecule has 0 heterocycles. The van der Waals surface area contributed by atoms with Crippen molar-refractivity contribution in [1.29, 1.82) is 0 Å². The molecule has 21 heavy (non-hydrogen) atoms. The Morgan fingerprint density at radius 1 is 1.19 bits per heavy atom. The van der Waals surface area contributed by atoms with E-state index in [-0.39, 0.29) is 11.9 Å². The second-order valence-electron chi connectivity index (χ2n) is 5.88. The summed E-state index contributed by atoms with van der Waals surface area (Å²) in [5.41, 5.74) is 9.92. The first-order chi connectivity index (χ1) is 10.1. The lowest BCUT2D eigenvalue weighted by Gasteiger charge is -2.29. The molecule has 2 aromatic carbocycles. The number of aryl methyl sites for hydroxylation is 1. The third kappa shape index (κ3) is 3.35. The number of benzene rings is 2. The van der Waals surface area contributed by atoms with Crippen LogP contribution in [0.4, 0.5) is 4.39 Å². The van der Waals surface area contributed by atoms with Crippen LogP contribution in [0.25, 0.3) is 0 Å². The molecule has 3 heteroatoms. The lowest BCUT2D eigenvalue weighted by molar-refractivity contribution is 0.369. The van der Waals surface area contributed by atoms with Crippen LogP contribution in [0.2, 0.25) is 0 Å². The standard InChI is InChI=1S/C18H19BrFN/c19-16-8-7-14(17(20)11-16)10-18(21)15-6-5-12-3-1-2-4-13(12)9-15/h1-4,7-8,11,15,18H,5-6,9-10,21H2. The molecule has 2 N–H and O–H groups in total. The maximum absolute atomic E-state index is 13.9. The molecule has 0 aliphatic heterocycles. The van der Waals surface area contributed by atoms with Gasteiger partial charge in [0.15, 0.2) is 0 Å². The van der Waals surface area contributed by atoms with Crippen molar-refractivity contribution < 1.29 is 4.39 Å². The minimum absolute atomic E-state index is 0.00836. The highest BCUT2D eigenvalue weighted by Crippen LogP contribution is 2.28. The van der Waals surface area contributed by atoms with E-state index in [2.05, 4.69) is 40.2 Å². The lowest BCUT2D eigenvalue weighted by Crippen LogP contribution is -2.36. The third-order valence-corrected chi connectivity index (χ3v) is 4.95. The minimum atomic E-state index is -0.170. The van der Waals surface area contributed by atoms with E-state index in [0.29, 0.717) is 17.9 Å². The summed E-state index contributed by atoms with van der Waals surface area (Å²) in [4.78, 5) is 0. The molecule has 0 saturated heterocycles. The number of nitrogens with two attached hydrogens (primary N) is 1. The van der Waals surface area contributed by atoms with Crippen LogP contribution in [0.15, 0.2) is 46.9 Å². The van der Waals surface area contributed by atoms with Gasteiger partial charge in [-0.25, -0.2) is 4.39 Å². The van der Waals surface area contributed by atoms with Crippen LogP contribution in [0, 0.1) is 11.7 Å². The molecule has 0 fully saturated rings. The molecular weight excluding hydrogens is 329 g/mol. The minimum Gasteiger partial charge on any atom is -0.327 e. The summed E-state index contributed by atoms with van der Waals surface area (Å²) in [5.74, 6) is 0.263. The molecule has 1 nitrogen and oxygen atoms in total. The van der Waals surface area contributed by atoms with Gasteiger partial charge in [0.2, 0.25) is 0 Å². The Hall–Kier alpha value is -1.19. The van der Waals surface area contributed by atoms with E-state index in [4.69, 9.17) is 5.73 Å². The molecule has 2 unspecified atom stereocenters. The average Bonchev–Trinajstić information content (AvgIpc) is 2.49. The maximum atomic E-state index is 13.9. The maximum Gasteiger partial charge on any atom is 0.127 e. The fourth-order valence-corrected chi connectivity index (χ4v) is 3.53. The summed E-state index contributed by atoms with van der Waals surface area (Å²) in [6, 6.07) is 13.8. The number of fused-ring (bicyclic) bond motifs is 1. The van der Waals surface area contributed by atoms with Crippen molar-refractivity contribution in [3.63, 3.8) is 0 Å². The molecule has 110 valence electrons. The van der Waals surface area contributed by atoms with Crippen LogP contribution in [0.1, 0.15) is 23.1 Å². The molecule has 0 saturated carbocycles. The average molecular weight is 348 g/mol. The van der Waals surface area contributed by atoms with Gasteiger partial charge in [0.25, 0.3) is 0 Å². The van der Waals surface area contributed by atoms with Crippen LogP contribution in [-0.2, 0) is 19.3 Å². The van der Waals surface area contributed by atoms with Crippen LogP contribution >= 0.6 is 15.9 Å². The monoisotopic (exact) mass is 347 g/mol. The van der Waals surface area contributed by atoms with Gasteiger partial charge in [0, 0.05) is 10.5 Å². The normalized spacial score (nSPS) is 19.1. The van der Waals surface area contributed by atoms with E-state index < -0.39 is 0 Å². The molecule has 0 radical (unpaired) electrons. The Kier molecular flexibility index (Phi) is 4.41. The van der Waals surface area contributed by atoms with Crippen molar-refractivity contribution in [2.45, 2.75) is 31.7 Å². The number of rotatable bonds is 3. The molecule has 2 atom stereocenters. The summed E-state index contributed by atoms with van der Waals surface area (Å²) in [5, 5.41) is 0. The van der Waals surface area contributed by atoms with Crippen LogP contribution in [-0.4, -0.2) is 6.04 Å². The molecule has 0 aromatic heterocycles. The van der Waals surface area contributed by atoms with E-state index in [1.165, 1.54) is 17.2 Å². The fourth-order valence-electron chi connectivity index (χ4n) is 3.20. The van der Waals surface area contributed by atoms with Gasteiger partial charge in [0.1, 0.15) is 5.82 Å². The van der Waals surface area contributed by atoms with E-state index in [9.17, 15) is 4.39 Å². The number of halogens is 2. The first-order valence-electron chi connectivity index (χ1n) is 7.40. The number of hydrogen-bond acceptors (Lipinski definition) is 1. The van der Waals surface area contributed by atoms with Crippen molar-refractivity contribution in [3.05, 3.63) is 69.4 Å². The van der Waals surface area contributed by atoms with Crippen molar-refractivity contribution in [2.24, 2.45) is 11.7 Å². The molecule has 3 rings (SSSR count). The highest BCUT2D eigenvalue weighted by atomic mass is 79.9. The fraction of sp³-hybridized carbons (Fsp3) is 0.333.